The van der Waals surface area contributed by atoms with Crippen LogP contribution >= 0.6 is 11.6 Å². The maximum absolute atomic E-state index is 14.5. The minimum absolute atomic E-state index is 0.0559. The SMILES string of the molecule is CC(=O)C(CC(C)C)c1cc(-c2ccc(C(C)C)cc2)cc(-c2ccc(C(F)(F)F)cc2)c1.CC(=O)C(CC(C)C)c1cc(-c2ccc(C(F)(F)F)cc2)cc(-c2cc(F)cc(F)c2)c1.CC(=O)C(CC(C)C)c1cc(-c2ccc(C(F)(F)F)cc2)cc(-c2ccc(F)cc2F)c1.CC(=O)C(CC(C)C)c1cc(-c2ccc(Cl)cc2)cc(-c2ccc(C(F)(F)F)cc2)c1. The van der Waals surface area contributed by atoms with Crippen LogP contribution in [0.3, 0.4) is 0 Å². The van der Waals surface area contributed by atoms with Crippen molar-refractivity contribution < 1.29 is 89.4 Å². The first-order valence-electron chi connectivity index (χ1n) is 42.0. The third-order valence-corrected chi connectivity index (χ3v) is 22.2. The fourth-order valence-corrected chi connectivity index (χ4v) is 15.4. The van der Waals surface area contributed by atoms with Gasteiger partial charge in [0.05, 0.1) is 22.3 Å². The number of carbonyl (C=O) groups is 4. The van der Waals surface area contributed by atoms with E-state index in [0.29, 0.717) is 97.7 Å². The lowest BCUT2D eigenvalue weighted by molar-refractivity contribution is -0.138. The van der Waals surface area contributed by atoms with Gasteiger partial charge in [0.25, 0.3) is 0 Å². The van der Waals surface area contributed by atoms with Crippen LogP contribution in [0, 0.1) is 46.9 Å². The van der Waals surface area contributed by atoms with E-state index in [2.05, 4.69) is 65.8 Å². The zero-order chi connectivity index (χ0) is 94.4. The molecule has 0 bridgehead atoms. The van der Waals surface area contributed by atoms with Gasteiger partial charge < -0.3 is 0 Å². The summed E-state index contributed by atoms with van der Waals surface area (Å²) in [5.74, 6) is -2.84. The van der Waals surface area contributed by atoms with Gasteiger partial charge >= 0.3 is 24.7 Å². The maximum Gasteiger partial charge on any atom is 0.416 e. The maximum atomic E-state index is 14.5. The van der Waals surface area contributed by atoms with Crippen LogP contribution in [-0.4, -0.2) is 23.1 Å². The first-order chi connectivity index (χ1) is 59.9. The van der Waals surface area contributed by atoms with Crippen LogP contribution in [-0.2, 0) is 43.9 Å². The van der Waals surface area contributed by atoms with Crippen molar-refractivity contribution in [2.75, 3.05) is 0 Å². The van der Waals surface area contributed by atoms with E-state index in [0.717, 1.165) is 118 Å². The molecule has 0 radical (unpaired) electrons. The van der Waals surface area contributed by atoms with E-state index in [1.807, 2.05) is 76.2 Å². The Labute approximate surface area is 742 Å². The van der Waals surface area contributed by atoms with Crippen LogP contribution in [0.15, 0.2) is 255 Å². The summed E-state index contributed by atoms with van der Waals surface area (Å²) in [7, 11) is 0. The highest BCUT2D eigenvalue weighted by atomic mass is 35.5. The molecule has 672 valence electrons. The van der Waals surface area contributed by atoms with Crippen molar-refractivity contribution in [3.63, 3.8) is 0 Å². The van der Waals surface area contributed by atoms with Crippen molar-refractivity contribution in [3.8, 4) is 89.0 Å². The summed E-state index contributed by atoms with van der Waals surface area (Å²) in [5.41, 5.74) is 11.5. The summed E-state index contributed by atoms with van der Waals surface area (Å²) in [6.45, 7) is 26.7. The standard InChI is InChI=1S/C29H31F3O.C26H24ClF3O.2C26H23F5O/c1-18(2)14-28(20(5)33)26-16-24(22-8-6-21(7-9-22)19(3)4)15-25(17-26)23-10-12-27(13-11-23)29(30,31)32;1-16(2)12-25(17(3)31)22-14-20(18-4-8-23(9-5-18)26(28,29)30)13-21(15-22)19-6-10-24(27)11-7-19;1-15(2)8-25(16(3)32)21-10-18(17-4-6-22(7-5-17)26(29,30)31)9-19(11-21)20-12-23(27)14-24(28)13-20;1-15(2)10-24(16(3)32)20-12-18(17-4-6-21(7-5-17)26(29,30)31)11-19(13-20)23-9-8-22(27)14-25(23)28/h6-13,15-19,28H,14H2,1-5H3;4-11,13-16,25H,12H2,1-3H3;4-7,9-15,25H,8H2,1-3H3;4-9,11-15,24H,10H2,1-3H3. The van der Waals surface area contributed by atoms with E-state index in [4.69, 9.17) is 11.6 Å². The Balaban J connectivity index is 0.000000193. The fourth-order valence-electron chi connectivity index (χ4n) is 15.3. The molecule has 0 amide bonds. The van der Waals surface area contributed by atoms with Crippen molar-refractivity contribution in [1.82, 2.24) is 0 Å². The van der Waals surface area contributed by atoms with Gasteiger partial charge in [0, 0.05) is 46.4 Å². The number of hydrogen-bond donors (Lipinski definition) is 0. The zero-order valence-electron chi connectivity index (χ0n) is 73.3. The molecule has 0 aromatic heterocycles. The van der Waals surface area contributed by atoms with Crippen molar-refractivity contribution >= 4 is 34.7 Å². The van der Waals surface area contributed by atoms with Gasteiger partial charge in [-0.1, -0.05) is 214 Å². The van der Waals surface area contributed by atoms with E-state index in [1.165, 1.54) is 86.1 Å². The Kier molecular flexibility index (Phi) is 33.7. The highest BCUT2D eigenvalue weighted by Crippen LogP contribution is 2.44. The molecule has 12 aromatic carbocycles. The molecule has 0 aliphatic heterocycles. The molecule has 4 atom stereocenters. The molecule has 0 spiro atoms. The quantitative estimate of drug-likeness (QED) is 0.0535. The number of halogens is 17. The van der Waals surface area contributed by atoms with Gasteiger partial charge in [-0.2, -0.15) is 52.7 Å². The summed E-state index contributed by atoms with van der Waals surface area (Å²) >= 11 is 6.02. The molecule has 12 aromatic rings. The normalized spacial score (nSPS) is 12.8. The number of alkyl halides is 12. The Morgan fingerprint density at radius 1 is 0.242 bits per heavy atom. The van der Waals surface area contributed by atoms with Gasteiger partial charge in [-0.15, -0.1) is 0 Å². The molecule has 12 rings (SSSR count). The number of ketones is 4. The molecule has 0 saturated carbocycles. The smallest absolute Gasteiger partial charge is 0.299 e. The first kappa shape index (κ1) is 100. The van der Waals surface area contributed by atoms with E-state index in [1.54, 1.807) is 62.4 Å². The number of rotatable bonds is 25. The van der Waals surface area contributed by atoms with Crippen molar-refractivity contribution in [3.05, 3.63) is 333 Å². The zero-order valence-corrected chi connectivity index (χ0v) is 74.1. The summed E-state index contributed by atoms with van der Waals surface area (Å²) in [6.07, 6.45) is -15.1. The molecule has 0 aliphatic carbocycles. The average Bonchev–Trinajstić information content (AvgIpc) is 0.804. The van der Waals surface area contributed by atoms with Gasteiger partial charge in [0.15, 0.2) is 0 Å². The van der Waals surface area contributed by atoms with Crippen LogP contribution in [0.2, 0.25) is 5.02 Å². The monoisotopic (exact) mass is 1790 g/mol. The molecular formula is C107H101ClF16O4. The number of carbonyl (C=O) groups excluding carboxylic acids is 4. The van der Waals surface area contributed by atoms with Crippen LogP contribution in [0.1, 0.15) is 202 Å². The lowest BCUT2D eigenvalue weighted by Gasteiger charge is -2.20. The van der Waals surface area contributed by atoms with Gasteiger partial charge in [0.1, 0.15) is 46.4 Å². The van der Waals surface area contributed by atoms with E-state index < -0.39 is 82.1 Å². The predicted molar refractivity (Wildman–Crippen MR) is 480 cm³/mol. The van der Waals surface area contributed by atoms with Gasteiger partial charge in [0.2, 0.25) is 0 Å². The summed E-state index contributed by atoms with van der Waals surface area (Å²) < 4.78 is 211. The summed E-state index contributed by atoms with van der Waals surface area (Å²) in [5, 5.41) is 0.615. The number of hydrogen-bond acceptors (Lipinski definition) is 4. The summed E-state index contributed by atoms with van der Waals surface area (Å²) in [4.78, 5) is 49.7. The highest BCUT2D eigenvalue weighted by molar-refractivity contribution is 6.30. The molecule has 0 heterocycles. The van der Waals surface area contributed by atoms with Crippen molar-refractivity contribution in [2.45, 2.75) is 177 Å². The Bertz CT molecular complexity index is 5790. The molecule has 4 nitrogen and oxygen atoms in total. The van der Waals surface area contributed by atoms with Gasteiger partial charge in [-0.05, 0) is 303 Å². The molecule has 128 heavy (non-hydrogen) atoms. The summed E-state index contributed by atoms with van der Waals surface area (Å²) in [6, 6.07) is 63.7. The van der Waals surface area contributed by atoms with Gasteiger partial charge in [-0.3, -0.25) is 19.2 Å². The second-order valence-electron chi connectivity index (χ2n) is 34.4. The number of Topliss-reactive ketones (excluding diaryl/α,β-unsaturated/α-hetero) is 4. The van der Waals surface area contributed by atoms with Crippen LogP contribution < -0.4 is 0 Å². The van der Waals surface area contributed by atoms with Gasteiger partial charge in [-0.25, -0.2) is 17.6 Å². The highest BCUT2D eigenvalue weighted by Gasteiger charge is 2.35. The number of benzene rings is 12. The van der Waals surface area contributed by atoms with E-state index in [-0.39, 0.29) is 57.9 Å². The minimum Gasteiger partial charge on any atom is -0.299 e. The van der Waals surface area contributed by atoms with Crippen LogP contribution in [0.5, 0.6) is 0 Å². The molecule has 0 aliphatic rings. The average molecular weight is 1790 g/mol. The molecule has 0 N–H and O–H groups in total. The largest absolute Gasteiger partial charge is 0.416 e. The predicted octanol–water partition coefficient (Wildman–Crippen LogP) is 33.4. The molecule has 4 unspecified atom stereocenters. The van der Waals surface area contributed by atoms with Crippen LogP contribution in [0.25, 0.3) is 89.0 Å². The Morgan fingerprint density at radius 2 is 0.461 bits per heavy atom. The van der Waals surface area contributed by atoms with Crippen LogP contribution in [0.4, 0.5) is 70.2 Å². The fraction of sp³-hybridized carbons (Fsp3) is 0.290. The second-order valence-corrected chi connectivity index (χ2v) is 34.8. The van der Waals surface area contributed by atoms with Crippen molar-refractivity contribution in [1.29, 1.82) is 0 Å². The van der Waals surface area contributed by atoms with E-state index in [9.17, 15) is 89.4 Å². The Hall–Kier alpha value is -11.5. The molecule has 0 fully saturated rings. The van der Waals surface area contributed by atoms with Crippen molar-refractivity contribution in [2.24, 2.45) is 23.7 Å². The Morgan fingerprint density at radius 3 is 0.688 bits per heavy atom. The van der Waals surface area contributed by atoms with E-state index >= 15 is 0 Å². The third kappa shape index (κ3) is 28.0. The molecule has 0 saturated heterocycles. The molecular weight excluding hydrogens is 1690 g/mol. The third-order valence-electron chi connectivity index (χ3n) is 21.9. The molecule has 21 heteroatoms. The lowest BCUT2D eigenvalue weighted by Crippen LogP contribution is -2.12. The topological polar surface area (TPSA) is 68.3 Å². The lowest BCUT2D eigenvalue weighted by atomic mass is 9.84. The second kappa shape index (κ2) is 43.1. The first-order valence-corrected chi connectivity index (χ1v) is 42.4. The minimum atomic E-state index is -4.46.